The number of ether oxygens (including phenoxy) is 1. The highest BCUT2D eigenvalue weighted by atomic mass is 32.2. The molecule has 6 heteroatoms. The van der Waals surface area contributed by atoms with E-state index in [1.54, 1.807) is 18.2 Å². The van der Waals surface area contributed by atoms with E-state index < -0.39 is 10.0 Å². The summed E-state index contributed by atoms with van der Waals surface area (Å²) in [5.41, 5.74) is 0.408. The van der Waals surface area contributed by atoms with Gasteiger partial charge >= 0.3 is 0 Å². The smallest absolute Gasteiger partial charge is 0.240 e. The molecule has 1 aliphatic rings. The predicted molar refractivity (Wildman–Crippen MR) is 71.1 cm³/mol. The summed E-state index contributed by atoms with van der Waals surface area (Å²) in [5.74, 6) is 0.205. The van der Waals surface area contributed by atoms with E-state index in [0.717, 1.165) is 6.42 Å². The van der Waals surface area contributed by atoms with Crippen LogP contribution in [-0.4, -0.2) is 32.8 Å². The minimum Gasteiger partial charge on any atom is -0.392 e. The van der Waals surface area contributed by atoms with Crippen molar-refractivity contribution in [1.29, 1.82) is 0 Å². The third-order valence-corrected chi connectivity index (χ3v) is 5.03. The molecule has 1 fully saturated rings. The highest BCUT2D eigenvalue weighted by Crippen LogP contribution is 2.21. The Labute approximate surface area is 113 Å². The molecule has 19 heavy (non-hydrogen) atoms. The fourth-order valence-corrected chi connectivity index (χ4v) is 3.56. The Hall–Kier alpha value is -0.950. The monoisotopic (exact) mass is 285 g/mol. The number of benzene rings is 1. The van der Waals surface area contributed by atoms with Crippen LogP contribution in [0.15, 0.2) is 29.2 Å². The summed E-state index contributed by atoms with van der Waals surface area (Å²) in [5, 5.41) is 9.19. The first kappa shape index (κ1) is 14.5. The number of nitrogens with one attached hydrogen (secondary N) is 1. The normalized spacial score (nSPS) is 23.7. The van der Waals surface area contributed by atoms with E-state index in [2.05, 4.69) is 4.72 Å². The summed E-state index contributed by atoms with van der Waals surface area (Å²) in [4.78, 5) is 0.143. The van der Waals surface area contributed by atoms with Gasteiger partial charge in [-0.25, -0.2) is 13.1 Å². The summed E-state index contributed by atoms with van der Waals surface area (Å²) < 4.78 is 32.4. The van der Waals surface area contributed by atoms with Gasteiger partial charge in [0.05, 0.1) is 17.6 Å². The van der Waals surface area contributed by atoms with Gasteiger partial charge in [-0.3, -0.25) is 0 Å². The first-order valence-electron chi connectivity index (χ1n) is 6.34. The molecule has 1 aromatic rings. The second-order valence-electron chi connectivity index (χ2n) is 4.74. The second kappa shape index (κ2) is 6.00. The van der Waals surface area contributed by atoms with Gasteiger partial charge in [-0.15, -0.1) is 0 Å². The molecule has 0 saturated carbocycles. The molecule has 2 N–H and O–H groups in total. The first-order chi connectivity index (χ1) is 9.04. The van der Waals surface area contributed by atoms with Crippen LogP contribution in [-0.2, 0) is 21.4 Å². The summed E-state index contributed by atoms with van der Waals surface area (Å²) in [7, 11) is -3.58. The molecular weight excluding hydrogens is 266 g/mol. The molecule has 2 unspecified atom stereocenters. The molecule has 0 amide bonds. The molecule has 0 aliphatic carbocycles. The standard InChI is InChI=1S/C13H19NO4S/c1-10-11(6-7-18-10)8-14-19(16,17)13-5-3-2-4-12(13)9-15/h2-5,10-11,14-15H,6-9H2,1H3. The summed E-state index contributed by atoms with van der Waals surface area (Å²) in [6, 6.07) is 6.46. The van der Waals surface area contributed by atoms with E-state index in [4.69, 9.17) is 4.74 Å². The van der Waals surface area contributed by atoms with Gasteiger partial charge in [-0.2, -0.15) is 0 Å². The topological polar surface area (TPSA) is 75.6 Å². The van der Waals surface area contributed by atoms with E-state index in [-0.39, 0.29) is 23.5 Å². The van der Waals surface area contributed by atoms with Gasteiger partial charge in [0.1, 0.15) is 0 Å². The number of hydrogen-bond acceptors (Lipinski definition) is 4. The molecule has 106 valence electrons. The van der Waals surface area contributed by atoms with Gasteiger partial charge in [-0.05, 0) is 25.0 Å². The fraction of sp³-hybridized carbons (Fsp3) is 0.538. The van der Waals surface area contributed by atoms with Gasteiger partial charge < -0.3 is 9.84 Å². The summed E-state index contributed by atoms with van der Waals surface area (Å²) in [6.07, 6.45) is 0.946. The maximum absolute atomic E-state index is 12.2. The molecule has 0 spiro atoms. The zero-order valence-electron chi connectivity index (χ0n) is 10.9. The molecule has 1 saturated heterocycles. The average molecular weight is 285 g/mol. The molecule has 1 aromatic carbocycles. The molecule has 0 radical (unpaired) electrons. The van der Waals surface area contributed by atoms with Crippen LogP contribution in [0.2, 0.25) is 0 Å². The van der Waals surface area contributed by atoms with Crippen LogP contribution in [0.1, 0.15) is 18.9 Å². The predicted octanol–water partition coefficient (Wildman–Crippen LogP) is 0.882. The van der Waals surface area contributed by atoms with Gasteiger partial charge in [0.25, 0.3) is 0 Å². The minimum atomic E-state index is -3.58. The largest absolute Gasteiger partial charge is 0.392 e. The highest BCUT2D eigenvalue weighted by molar-refractivity contribution is 7.89. The van der Waals surface area contributed by atoms with Crippen molar-refractivity contribution in [1.82, 2.24) is 4.72 Å². The van der Waals surface area contributed by atoms with Crippen LogP contribution < -0.4 is 4.72 Å². The van der Waals surface area contributed by atoms with Crippen molar-refractivity contribution in [2.75, 3.05) is 13.2 Å². The summed E-state index contributed by atoms with van der Waals surface area (Å²) in [6.45, 7) is 2.71. The van der Waals surface area contributed by atoms with Gasteiger partial charge in [0.2, 0.25) is 10.0 Å². The van der Waals surface area contributed by atoms with Crippen molar-refractivity contribution < 1.29 is 18.3 Å². The van der Waals surface area contributed by atoms with E-state index in [9.17, 15) is 13.5 Å². The third kappa shape index (κ3) is 3.33. The lowest BCUT2D eigenvalue weighted by Gasteiger charge is -2.16. The molecule has 2 rings (SSSR count). The number of rotatable bonds is 5. The van der Waals surface area contributed by atoms with E-state index in [1.165, 1.54) is 6.07 Å². The molecular formula is C13H19NO4S. The van der Waals surface area contributed by atoms with Crippen LogP contribution in [0.5, 0.6) is 0 Å². The zero-order valence-corrected chi connectivity index (χ0v) is 11.7. The average Bonchev–Trinajstić information content (AvgIpc) is 2.82. The Kier molecular flexibility index (Phi) is 4.57. The summed E-state index contributed by atoms with van der Waals surface area (Å²) >= 11 is 0. The number of aliphatic hydroxyl groups is 1. The number of sulfonamides is 1. The number of aliphatic hydroxyl groups excluding tert-OH is 1. The van der Waals surface area contributed by atoms with E-state index in [0.29, 0.717) is 18.7 Å². The SMILES string of the molecule is CC1OCCC1CNS(=O)(=O)c1ccccc1CO. The third-order valence-electron chi connectivity index (χ3n) is 3.50. The van der Waals surface area contributed by atoms with Crippen LogP contribution in [0.25, 0.3) is 0 Å². The molecule has 1 aliphatic heterocycles. The lowest BCUT2D eigenvalue weighted by molar-refractivity contribution is 0.107. The first-order valence-corrected chi connectivity index (χ1v) is 7.83. The van der Waals surface area contributed by atoms with Crippen molar-refractivity contribution in [2.24, 2.45) is 5.92 Å². The van der Waals surface area contributed by atoms with Crippen molar-refractivity contribution in [3.05, 3.63) is 29.8 Å². The maximum atomic E-state index is 12.2. The van der Waals surface area contributed by atoms with Crippen LogP contribution in [0.3, 0.4) is 0 Å². The zero-order chi connectivity index (χ0) is 13.9. The molecule has 0 aromatic heterocycles. The van der Waals surface area contributed by atoms with Crippen LogP contribution in [0, 0.1) is 5.92 Å². The molecule has 5 nitrogen and oxygen atoms in total. The molecule has 1 heterocycles. The lowest BCUT2D eigenvalue weighted by atomic mass is 10.0. The van der Waals surface area contributed by atoms with Crippen LogP contribution in [0.4, 0.5) is 0 Å². The minimum absolute atomic E-state index is 0.0794. The van der Waals surface area contributed by atoms with E-state index in [1.807, 2.05) is 6.92 Å². The van der Waals surface area contributed by atoms with Crippen molar-refractivity contribution in [2.45, 2.75) is 31.0 Å². The Bertz CT molecular complexity index is 529. The van der Waals surface area contributed by atoms with Crippen molar-refractivity contribution in [3.63, 3.8) is 0 Å². The van der Waals surface area contributed by atoms with Gasteiger partial charge in [0.15, 0.2) is 0 Å². The number of hydrogen-bond donors (Lipinski definition) is 2. The van der Waals surface area contributed by atoms with Gasteiger partial charge in [-0.1, -0.05) is 18.2 Å². The Morgan fingerprint density at radius 3 is 2.79 bits per heavy atom. The van der Waals surface area contributed by atoms with Gasteiger partial charge in [0, 0.05) is 19.1 Å². The fourth-order valence-electron chi connectivity index (χ4n) is 2.24. The second-order valence-corrected chi connectivity index (χ2v) is 6.48. The van der Waals surface area contributed by atoms with Crippen molar-refractivity contribution in [3.8, 4) is 0 Å². The van der Waals surface area contributed by atoms with E-state index >= 15 is 0 Å². The van der Waals surface area contributed by atoms with Crippen LogP contribution >= 0.6 is 0 Å². The molecule has 2 atom stereocenters. The molecule has 0 bridgehead atoms. The Morgan fingerprint density at radius 2 is 2.16 bits per heavy atom. The quantitative estimate of drug-likeness (QED) is 0.842. The Morgan fingerprint density at radius 1 is 1.42 bits per heavy atom. The maximum Gasteiger partial charge on any atom is 0.240 e. The van der Waals surface area contributed by atoms with Crippen molar-refractivity contribution >= 4 is 10.0 Å². The Balaban J connectivity index is 2.09. The highest BCUT2D eigenvalue weighted by Gasteiger charge is 2.26. The lowest BCUT2D eigenvalue weighted by Crippen LogP contribution is -2.32.